The lowest BCUT2D eigenvalue weighted by molar-refractivity contribution is 0.414. The molecule has 0 spiro atoms. The van der Waals surface area contributed by atoms with Crippen LogP contribution < -0.4 is 4.74 Å². The standard InChI is InChI=1S/C17H19NOS/c1-6-7-16(13(2)3)17(18-4)20-12-14-8-10-15(19-5)11-9-14/h8-11H,2,4,12H2,1,3,5H3/b17-16+. The molecular weight excluding hydrogens is 266 g/mol. The molecule has 1 aromatic rings. The molecule has 0 aromatic heterocycles. The van der Waals surface area contributed by atoms with Gasteiger partial charge in [-0.2, -0.15) is 0 Å². The van der Waals surface area contributed by atoms with Crippen LogP contribution in [0.2, 0.25) is 0 Å². The van der Waals surface area contributed by atoms with Crippen LogP contribution in [0, 0.1) is 11.8 Å². The van der Waals surface area contributed by atoms with Gasteiger partial charge in [0.2, 0.25) is 0 Å². The number of thioether (sulfide) groups is 1. The summed E-state index contributed by atoms with van der Waals surface area (Å²) in [5, 5.41) is 0.822. The Balaban J connectivity index is 2.87. The average Bonchev–Trinajstić information content (AvgIpc) is 2.47. The third-order valence-electron chi connectivity index (χ3n) is 2.57. The van der Waals surface area contributed by atoms with Gasteiger partial charge in [0.25, 0.3) is 0 Å². The molecule has 0 saturated heterocycles. The summed E-state index contributed by atoms with van der Waals surface area (Å²) in [4.78, 5) is 4.08. The van der Waals surface area contributed by atoms with Crippen molar-refractivity contribution in [3.8, 4) is 17.6 Å². The third-order valence-corrected chi connectivity index (χ3v) is 3.65. The number of allylic oxidation sites excluding steroid dienone is 2. The number of ether oxygens (including phenoxy) is 1. The number of benzene rings is 1. The first-order valence-corrected chi connectivity index (χ1v) is 7.16. The highest BCUT2D eigenvalue weighted by Crippen LogP contribution is 2.28. The van der Waals surface area contributed by atoms with Crippen LogP contribution in [-0.2, 0) is 5.75 Å². The number of hydrogen-bond acceptors (Lipinski definition) is 3. The molecule has 3 heteroatoms. The minimum atomic E-state index is 0.806. The van der Waals surface area contributed by atoms with E-state index in [0.717, 1.165) is 27.7 Å². The molecule has 0 radical (unpaired) electrons. The van der Waals surface area contributed by atoms with Crippen molar-refractivity contribution in [1.29, 1.82) is 0 Å². The molecule has 0 bridgehead atoms. The van der Waals surface area contributed by atoms with Gasteiger partial charge in [-0.1, -0.05) is 24.6 Å². The Labute approximate surface area is 125 Å². The first kappa shape index (κ1) is 16.1. The minimum absolute atomic E-state index is 0.806. The second-order valence-electron chi connectivity index (χ2n) is 4.13. The maximum Gasteiger partial charge on any atom is 0.118 e. The zero-order valence-electron chi connectivity index (χ0n) is 12.2. The largest absolute Gasteiger partial charge is 0.497 e. The van der Waals surface area contributed by atoms with Crippen molar-refractivity contribution >= 4 is 18.5 Å². The van der Waals surface area contributed by atoms with Crippen molar-refractivity contribution in [2.45, 2.75) is 19.6 Å². The Bertz CT molecular complexity index is 573. The van der Waals surface area contributed by atoms with Crippen LogP contribution in [0.15, 0.2) is 52.0 Å². The van der Waals surface area contributed by atoms with E-state index in [1.54, 1.807) is 25.8 Å². The monoisotopic (exact) mass is 285 g/mol. The Kier molecular flexibility index (Phi) is 6.69. The maximum absolute atomic E-state index is 5.14. The first-order chi connectivity index (χ1) is 9.62. The molecule has 0 atom stereocenters. The molecule has 0 aliphatic carbocycles. The molecule has 0 amide bonds. The quantitative estimate of drug-likeness (QED) is 0.438. The Morgan fingerprint density at radius 1 is 1.35 bits per heavy atom. The van der Waals surface area contributed by atoms with Crippen LogP contribution in [-0.4, -0.2) is 13.8 Å². The molecule has 104 valence electrons. The van der Waals surface area contributed by atoms with Gasteiger partial charge in [0, 0.05) is 5.75 Å². The second-order valence-corrected chi connectivity index (χ2v) is 5.09. The molecule has 0 fully saturated rings. The van der Waals surface area contributed by atoms with Gasteiger partial charge in [0.05, 0.1) is 12.7 Å². The smallest absolute Gasteiger partial charge is 0.118 e. The molecule has 0 N–H and O–H groups in total. The fourth-order valence-corrected chi connectivity index (χ4v) is 2.49. The number of nitrogens with zero attached hydrogens (tertiary/aromatic N) is 1. The zero-order valence-corrected chi connectivity index (χ0v) is 13.0. The first-order valence-electron chi connectivity index (χ1n) is 6.17. The lowest BCUT2D eigenvalue weighted by Gasteiger charge is -2.07. The van der Waals surface area contributed by atoms with Crippen LogP contribution in [0.5, 0.6) is 5.75 Å². The van der Waals surface area contributed by atoms with Crippen LogP contribution in [0.3, 0.4) is 0 Å². The summed E-state index contributed by atoms with van der Waals surface area (Å²) in [5.41, 5.74) is 2.97. The molecule has 0 aliphatic heterocycles. The summed E-state index contributed by atoms with van der Waals surface area (Å²) >= 11 is 1.61. The number of hydrogen-bond donors (Lipinski definition) is 0. The van der Waals surface area contributed by atoms with Gasteiger partial charge in [-0.25, -0.2) is 0 Å². The predicted octanol–water partition coefficient (Wildman–Crippen LogP) is 4.44. The van der Waals surface area contributed by atoms with Crippen molar-refractivity contribution in [2.24, 2.45) is 4.99 Å². The van der Waals surface area contributed by atoms with E-state index >= 15 is 0 Å². The summed E-state index contributed by atoms with van der Waals surface area (Å²) in [6, 6.07) is 7.98. The lowest BCUT2D eigenvalue weighted by Crippen LogP contribution is -1.88. The minimum Gasteiger partial charge on any atom is -0.497 e. The molecule has 0 heterocycles. The summed E-state index contributed by atoms with van der Waals surface area (Å²) in [6.07, 6.45) is 0. The molecule has 1 rings (SSSR count). The molecule has 1 aromatic carbocycles. The van der Waals surface area contributed by atoms with E-state index in [1.807, 2.05) is 31.2 Å². The molecule has 20 heavy (non-hydrogen) atoms. The van der Waals surface area contributed by atoms with Gasteiger partial charge >= 0.3 is 0 Å². The highest BCUT2D eigenvalue weighted by molar-refractivity contribution is 8.02. The van der Waals surface area contributed by atoms with Gasteiger partial charge in [-0.15, -0.1) is 17.7 Å². The molecule has 0 aliphatic rings. The number of aliphatic imine (C=N–C) groups is 1. The van der Waals surface area contributed by atoms with Crippen LogP contribution in [0.4, 0.5) is 0 Å². The van der Waals surface area contributed by atoms with E-state index < -0.39 is 0 Å². The van der Waals surface area contributed by atoms with Crippen molar-refractivity contribution in [1.82, 2.24) is 0 Å². The van der Waals surface area contributed by atoms with Gasteiger partial charge in [0.15, 0.2) is 0 Å². The van der Waals surface area contributed by atoms with E-state index in [-0.39, 0.29) is 0 Å². The van der Waals surface area contributed by atoms with Crippen LogP contribution >= 0.6 is 11.8 Å². The van der Waals surface area contributed by atoms with Crippen molar-refractivity contribution in [2.75, 3.05) is 7.11 Å². The van der Waals surface area contributed by atoms with Crippen molar-refractivity contribution < 1.29 is 4.74 Å². The highest BCUT2D eigenvalue weighted by Gasteiger charge is 2.06. The van der Waals surface area contributed by atoms with E-state index in [1.165, 1.54) is 5.56 Å². The van der Waals surface area contributed by atoms with Gasteiger partial charge in [-0.3, -0.25) is 4.99 Å². The fraction of sp³-hybridized carbons (Fsp3) is 0.235. The van der Waals surface area contributed by atoms with Gasteiger partial charge in [-0.05, 0) is 43.8 Å². The van der Waals surface area contributed by atoms with E-state index in [0.29, 0.717) is 0 Å². The van der Waals surface area contributed by atoms with Gasteiger partial charge in [0.1, 0.15) is 10.8 Å². The van der Waals surface area contributed by atoms with E-state index in [9.17, 15) is 0 Å². The Morgan fingerprint density at radius 2 is 2.00 bits per heavy atom. The summed E-state index contributed by atoms with van der Waals surface area (Å²) in [6.45, 7) is 11.3. The number of methoxy groups -OCH3 is 1. The van der Waals surface area contributed by atoms with Gasteiger partial charge < -0.3 is 4.74 Å². The summed E-state index contributed by atoms with van der Waals surface area (Å²) in [5.74, 6) is 7.60. The van der Waals surface area contributed by atoms with Crippen molar-refractivity contribution in [3.05, 3.63) is 52.6 Å². The predicted molar refractivity (Wildman–Crippen MR) is 89.1 cm³/mol. The Morgan fingerprint density at radius 3 is 2.45 bits per heavy atom. The van der Waals surface area contributed by atoms with Crippen molar-refractivity contribution in [3.63, 3.8) is 0 Å². The normalized spacial score (nSPS) is 10.9. The molecule has 0 saturated carbocycles. The lowest BCUT2D eigenvalue weighted by atomic mass is 10.1. The van der Waals surface area contributed by atoms with Crippen LogP contribution in [0.1, 0.15) is 19.4 Å². The average molecular weight is 285 g/mol. The topological polar surface area (TPSA) is 21.6 Å². The fourth-order valence-electron chi connectivity index (χ4n) is 1.54. The Hall–Kier alpha value is -1.92. The van der Waals surface area contributed by atoms with Crippen LogP contribution in [0.25, 0.3) is 0 Å². The highest BCUT2D eigenvalue weighted by atomic mass is 32.2. The van der Waals surface area contributed by atoms with E-state index in [4.69, 9.17) is 4.74 Å². The SMILES string of the molecule is C=N/C(SCc1ccc(OC)cc1)=C(/C#CC)C(=C)C. The summed E-state index contributed by atoms with van der Waals surface area (Å²) < 4.78 is 5.14. The summed E-state index contributed by atoms with van der Waals surface area (Å²) in [7, 11) is 1.66. The second kappa shape index (κ2) is 8.29. The third kappa shape index (κ3) is 4.64. The maximum atomic E-state index is 5.14. The molecular formula is C17H19NOS. The zero-order chi connectivity index (χ0) is 15.0. The number of rotatable bonds is 6. The molecule has 0 unspecified atom stereocenters. The molecule has 2 nitrogen and oxygen atoms in total. The van der Waals surface area contributed by atoms with E-state index in [2.05, 4.69) is 30.1 Å².